The van der Waals surface area contributed by atoms with Crippen molar-refractivity contribution in [1.29, 1.82) is 0 Å². The highest BCUT2D eigenvalue weighted by Gasteiger charge is 1.99. The molecule has 70 valence electrons. The van der Waals surface area contributed by atoms with Gasteiger partial charge < -0.3 is 5.32 Å². The van der Waals surface area contributed by atoms with Crippen LogP contribution in [0.15, 0.2) is 11.6 Å². The van der Waals surface area contributed by atoms with E-state index in [1.54, 1.807) is 0 Å². The molecule has 0 aliphatic heterocycles. The number of nitrogens with one attached hydrogen (secondary N) is 1. The first-order chi connectivity index (χ1) is 5.72. The van der Waals surface area contributed by atoms with E-state index in [2.05, 4.69) is 12.2 Å². The number of allylic oxidation sites excluding steroid dienone is 1. The first-order valence-electron chi connectivity index (χ1n) is 4.67. The predicted octanol–water partition coefficient (Wildman–Crippen LogP) is 2.26. The van der Waals surface area contributed by atoms with E-state index < -0.39 is 0 Å². The first kappa shape index (κ1) is 11.2. The lowest BCUT2D eigenvalue weighted by Crippen LogP contribution is -2.23. The van der Waals surface area contributed by atoms with Crippen molar-refractivity contribution in [3.8, 4) is 0 Å². The number of rotatable bonds is 5. The zero-order chi connectivity index (χ0) is 9.40. The van der Waals surface area contributed by atoms with E-state index in [4.69, 9.17) is 0 Å². The second-order valence-electron chi connectivity index (χ2n) is 2.89. The third-order valence-electron chi connectivity index (χ3n) is 1.70. The summed E-state index contributed by atoms with van der Waals surface area (Å²) in [5.74, 6) is 0.0635. The lowest BCUT2D eigenvalue weighted by molar-refractivity contribution is -0.117. The third-order valence-corrected chi connectivity index (χ3v) is 1.70. The van der Waals surface area contributed by atoms with Crippen LogP contribution in [0.4, 0.5) is 0 Å². The number of carbonyl (C=O) groups is 1. The monoisotopic (exact) mass is 169 g/mol. The summed E-state index contributed by atoms with van der Waals surface area (Å²) >= 11 is 0. The molecule has 0 heterocycles. The molecule has 0 atom stereocenters. The molecule has 1 N–H and O–H groups in total. The molecule has 1 amide bonds. The maximum atomic E-state index is 11.2. The molecule has 0 saturated carbocycles. The van der Waals surface area contributed by atoms with Crippen molar-refractivity contribution in [2.75, 3.05) is 6.54 Å². The fraction of sp³-hybridized carbons (Fsp3) is 0.700. The number of unbranched alkanes of at least 4 members (excludes halogenated alkanes) is 2. The van der Waals surface area contributed by atoms with Crippen LogP contribution in [0.25, 0.3) is 0 Å². The molecule has 0 bridgehead atoms. The van der Waals surface area contributed by atoms with E-state index in [0.29, 0.717) is 6.54 Å². The Balaban J connectivity index is 3.74. The minimum Gasteiger partial charge on any atom is -0.353 e. The van der Waals surface area contributed by atoms with Gasteiger partial charge in [0, 0.05) is 12.1 Å². The zero-order valence-electron chi connectivity index (χ0n) is 8.31. The van der Waals surface area contributed by atoms with Gasteiger partial charge in [-0.15, -0.1) is 0 Å². The molecule has 0 aromatic rings. The van der Waals surface area contributed by atoms with Gasteiger partial charge in [0.05, 0.1) is 0 Å². The number of hydrogen-bond acceptors (Lipinski definition) is 1. The van der Waals surface area contributed by atoms with Crippen molar-refractivity contribution in [2.24, 2.45) is 0 Å². The largest absolute Gasteiger partial charge is 0.353 e. The van der Waals surface area contributed by atoms with Crippen LogP contribution in [-0.2, 0) is 4.79 Å². The average molecular weight is 169 g/mol. The van der Waals surface area contributed by atoms with Crippen molar-refractivity contribution in [3.05, 3.63) is 11.6 Å². The minimum atomic E-state index is 0.0635. The molecular weight excluding hydrogens is 150 g/mol. The fourth-order valence-electron chi connectivity index (χ4n) is 0.915. The highest BCUT2D eigenvalue weighted by molar-refractivity contribution is 5.92. The van der Waals surface area contributed by atoms with Crippen LogP contribution in [0, 0.1) is 0 Å². The molecule has 0 aromatic carbocycles. The predicted molar refractivity (Wildman–Crippen MR) is 52.0 cm³/mol. The van der Waals surface area contributed by atoms with Crippen molar-refractivity contribution in [3.63, 3.8) is 0 Å². The Morgan fingerprint density at radius 3 is 2.58 bits per heavy atom. The molecule has 2 heteroatoms. The fourth-order valence-corrected chi connectivity index (χ4v) is 0.915. The Bertz CT molecular complexity index is 161. The van der Waals surface area contributed by atoms with Gasteiger partial charge in [0.1, 0.15) is 0 Å². The summed E-state index contributed by atoms with van der Waals surface area (Å²) in [6, 6.07) is 0. The standard InChI is InChI=1S/C10H19NO/c1-4-6-7-8-9(3)10(12)11-5-2/h8H,4-7H2,1-3H3,(H,11,12)/b9-8+. The normalized spacial score (nSPS) is 11.4. The maximum Gasteiger partial charge on any atom is 0.246 e. The van der Waals surface area contributed by atoms with E-state index in [1.165, 1.54) is 6.42 Å². The molecule has 0 aliphatic rings. The number of hydrogen-bond donors (Lipinski definition) is 1. The third kappa shape index (κ3) is 4.94. The van der Waals surface area contributed by atoms with Crippen LogP contribution in [0.3, 0.4) is 0 Å². The minimum absolute atomic E-state index is 0.0635. The lowest BCUT2D eigenvalue weighted by Gasteiger charge is -2.01. The molecule has 0 spiro atoms. The Kier molecular flexibility index (Phi) is 6.44. The summed E-state index contributed by atoms with van der Waals surface area (Å²) < 4.78 is 0. The molecular formula is C10H19NO. The van der Waals surface area contributed by atoms with Crippen LogP contribution in [0.5, 0.6) is 0 Å². The van der Waals surface area contributed by atoms with Gasteiger partial charge in [-0.3, -0.25) is 4.79 Å². The quantitative estimate of drug-likeness (QED) is 0.496. The van der Waals surface area contributed by atoms with Crippen LogP contribution in [0.2, 0.25) is 0 Å². The van der Waals surface area contributed by atoms with Crippen LogP contribution < -0.4 is 5.32 Å². The molecule has 0 unspecified atom stereocenters. The summed E-state index contributed by atoms with van der Waals surface area (Å²) in [7, 11) is 0. The second kappa shape index (κ2) is 6.89. The first-order valence-corrected chi connectivity index (χ1v) is 4.67. The van der Waals surface area contributed by atoms with E-state index in [-0.39, 0.29) is 5.91 Å². The molecule has 0 aromatic heterocycles. The summed E-state index contributed by atoms with van der Waals surface area (Å²) in [5.41, 5.74) is 0.838. The Hall–Kier alpha value is -0.790. The van der Waals surface area contributed by atoms with E-state index in [0.717, 1.165) is 18.4 Å². The highest BCUT2D eigenvalue weighted by atomic mass is 16.1. The molecule has 0 rings (SSSR count). The molecule has 0 fully saturated rings. The summed E-state index contributed by atoms with van der Waals surface area (Å²) in [4.78, 5) is 11.2. The van der Waals surface area contributed by atoms with Crippen molar-refractivity contribution in [2.45, 2.75) is 40.0 Å². The van der Waals surface area contributed by atoms with Crippen molar-refractivity contribution >= 4 is 5.91 Å². The lowest BCUT2D eigenvalue weighted by atomic mass is 10.2. The topological polar surface area (TPSA) is 29.1 Å². The van der Waals surface area contributed by atoms with Crippen molar-refractivity contribution in [1.82, 2.24) is 5.32 Å². The summed E-state index contributed by atoms with van der Waals surface area (Å²) in [6.45, 7) is 6.64. The SMILES string of the molecule is CCCC/C=C(\C)C(=O)NCC. The van der Waals surface area contributed by atoms with Gasteiger partial charge >= 0.3 is 0 Å². The van der Waals surface area contributed by atoms with Gasteiger partial charge in [-0.2, -0.15) is 0 Å². The molecule has 12 heavy (non-hydrogen) atoms. The highest BCUT2D eigenvalue weighted by Crippen LogP contribution is 2.00. The van der Waals surface area contributed by atoms with Crippen molar-refractivity contribution < 1.29 is 4.79 Å². The van der Waals surface area contributed by atoms with Gasteiger partial charge in [-0.25, -0.2) is 0 Å². The molecule has 2 nitrogen and oxygen atoms in total. The van der Waals surface area contributed by atoms with Gasteiger partial charge in [-0.1, -0.05) is 25.8 Å². The molecule has 0 radical (unpaired) electrons. The maximum absolute atomic E-state index is 11.2. The van der Waals surface area contributed by atoms with Crippen LogP contribution >= 0.6 is 0 Å². The van der Waals surface area contributed by atoms with Gasteiger partial charge in [-0.05, 0) is 20.3 Å². The molecule has 0 saturated heterocycles. The number of amides is 1. The zero-order valence-corrected chi connectivity index (χ0v) is 8.31. The number of likely N-dealkylation sites (N-methyl/N-ethyl adjacent to an activating group) is 1. The van der Waals surface area contributed by atoms with Crippen LogP contribution in [-0.4, -0.2) is 12.5 Å². The number of carbonyl (C=O) groups excluding carboxylic acids is 1. The smallest absolute Gasteiger partial charge is 0.246 e. The van der Waals surface area contributed by atoms with E-state index >= 15 is 0 Å². The van der Waals surface area contributed by atoms with Gasteiger partial charge in [0.2, 0.25) is 5.91 Å². The van der Waals surface area contributed by atoms with Gasteiger partial charge in [0.15, 0.2) is 0 Å². The summed E-state index contributed by atoms with van der Waals surface area (Å²) in [6.07, 6.45) is 5.36. The Labute approximate surface area is 75.0 Å². The van der Waals surface area contributed by atoms with Crippen LogP contribution in [0.1, 0.15) is 40.0 Å². The van der Waals surface area contributed by atoms with Gasteiger partial charge in [0.25, 0.3) is 0 Å². The Morgan fingerprint density at radius 1 is 1.42 bits per heavy atom. The Morgan fingerprint density at radius 2 is 2.08 bits per heavy atom. The van der Waals surface area contributed by atoms with E-state index in [1.807, 2.05) is 19.9 Å². The second-order valence-corrected chi connectivity index (χ2v) is 2.89. The molecule has 0 aliphatic carbocycles. The summed E-state index contributed by atoms with van der Waals surface area (Å²) in [5, 5.41) is 2.76. The average Bonchev–Trinajstić information content (AvgIpc) is 2.05. The van der Waals surface area contributed by atoms with E-state index in [9.17, 15) is 4.79 Å².